The lowest BCUT2D eigenvalue weighted by molar-refractivity contribution is 0.775. The van der Waals surface area contributed by atoms with Crippen LogP contribution in [-0.2, 0) is 0 Å². The van der Waals surface area contributed by atoms with Crippen LogP contribution in [0.3, 0.4) is 0 Å². The fourth-order valence-corrected chi connectivity index (χ4v) is 3.03. The van der Waals surface area contributed by atoms with Crippen LogP contribution < -0.4 is 11.1 Å². The van der Waals surface area contributed by atoms with E-state index in [-0.39, 0.29) is 0 Å². The standard InChI is InChI=1S/C13H16N4S/c1-2-8-6-10(8)16-13-11(12(14)17-18-13)9-4-3-5-15-7-9/h3-5,7-8,10,16H,2,6H2,1H3,(H2,14,17). The maximum absolute atomic E-state index is 5.97. The average molecular weight is 260 g/mol. The first-order valence-electron chi connectivity index (χ1n) is 6.21. The number of nitrogens with zero attached hydrogens (tertiary/aromatic N) is 2. The molecule has 0 spiro atoms. The lowest BCUT2D eigenvalue weighted by Gasteiger charge is -2.06. The van der Waals surface area contributed by atoms with Crippen LogP contribution in [0.5, 0.6) is 0 Å². The van der Waals surface area contributed by atoms with Crippen molar-refractivity contribution in [2.75, 3.05) is 11.1 Å². The van der Waals surface area contributed by atoms with Gasteiger partial charge in [0.1, 0.15) is 10.8 Å². The van der Waals surface area contributed by atoms with E-state index in [1.54, 1.807) is 6.20 Å². The van der Waals surface area contributed by atoms with Gasteiger partial charge in [-0.15, -0.1) is 0 Å². The van der Waals surface area contributed by atoms with Crippen LogP contribution in [0, 0.1) is 5.92 Å². The molecule has 1 aliphatic rings. The Labute approximate surface area is 110 Å². The van der Waals surface area contributed by atoms with Gasteiger partial charge in [-0.25, -0.2) is 0 Å². The topological polar surface area (TPSA) is 63.8 Å². The highest BCUT2D eigenvalue weighted by Crippen LogP contribution is 2.42. The molecule has 2 atom stereocenters. The predicted octanol–water partition coefficient (Wildman–Crippen LogP) is 3.00. The largest absolute Gasteiger partial charge is 0.382 e. The van der Waals surface area contributed by atoms with Crippen molar-refractivity contribution in [2.45, 2.75) is 25.8 Å². The summed E-state index contributed by atoms with van der Waals surface area (Å²) in [6.45, 7) is 2.23. The van der Waals surface area contributed by atoms with Crippen LogP contribution in [0.15, 0.2) is 24.5 Å². The summed E-state index contributed by atoms with van der Waals surface area (Å²) in [5.41, 5.74) is 7.99. The van der Waals surface area contributed by atoms with Gasteiger partial charge in [0.05, 0.1) is 5.56 Å². The molecule has 94 valence electrons. The van der Waals surface area contributed by atoms with Crippen LogP contribution in [0.2, 0.25) is 0 Å². The fraction of sp³-hybridized carbons (Fsp3) is 0.385. The zero-order valence-electron chi connectivity index (χ0n) is 10.3. The second-order valence-corrected chi connectivity index (χ2v) is 5.44. The molecule has 4 nitrogen and oxygen atoms in total. The summed E-state index contributed by atoms with van der Waals surface area (Å²) >= 11 is 1.44. The molecule has 0 bridgehead atoms. The van der Waals surface area contributed by atoms with Gasteiger partial charge in [-0.05, 0) is 29.9 Å². The van der Waals surface area contributed by atoms with Crippen LogP contribution in [0.4, 0.5) is 10.8 Å². The van der Waals surface area contributed by atoms with Crippen molar-refractivity contribution in [2.24, 2.45) is 5.92 Å². The third-order valence-electron chi connectivity index (χ3n) is 3.43. The van der Waals surface area contributed by atoms with Crippen LogP contribution in [0.1, 0.15) is 19.8 Å². The van der Waals surface area contributed by atoms with Gasteiger partial charge in [0.25, 0.3) is 0 Å². The first-order valence-corrected chi connectivity index (χ1v) is 6.99. The number of nitrogens with two attached hydrogens (primary N) is 1. The second-order valence-electron chi connectivity index (χ2n) is 4.67. The summed E-state index contributed by atoms with van der Waals surface area (Å²) in [5, 5.41) is 4.62. The Kier molecular flexibility index (Phi) is 2.91. The number of anilines is 2. The molecule has 2 aromatic rings. The number of nitrogen functional groups attached to an aromatic ring is 1. The maximum atomic E-state index is 5.97. The fourth-order valence-electron chi connectivity index (χ4n) is 2.23. The first-order chi connectivity index (χ1) is 8.79. The van der Waals surface area contributed by atoms with E-state index in [4.69, 9.17) is 5.73 Å². The van der Waals surface area contributed by atoms with Gasteiger partial charge in [0.2, 0.25) is 0 Å². The molecule has 1 saturated carbocycles. The van der Waals surface area contributed by atoms with E-state index in [0.717, 1.165) is 22.0 Å². The summed E-state index contributed by atoms with van der Waals surface area (Å²) in [5.74, 6) is 1.39. The average Bonchev–Trinajstić information content (AvgIpc) is 3.06. The molecule has 18 heavy (non-hydrogen) atoms. The van der Waals surface area contributed by atoms with Gasteiger partial charge < -0.3 is 11.1 Å². The van der Waals surface area contributed by atoms with E-state index in [1.165, 1.54) is 24.4 Å². The Morgan fingerprint density at radius 2 is 2.44 bits per heavy atom. The van der Waals surface area contributed by atoms with Crippen molar-refractivity contribution in [1.29, 1.82) is 0 Å². The van der Waals surface area contributed by atoms with Crippen molar-refractivity contribution in [3.05, 3.63) is 24.5 Å². The van der Waals surface area contributed by atoms with Crippen LogP contribution >= 0.6 is 11.5 Å². The molecule has 2 heterocycles. The molecule has 5 heteroatoms. The highest BCUT2D eigenvalue weighted by Gasteiger charge is 2.36. The summed E-state index contributed by atoms with van der Waals surface area (Å²) < 4.78 is 4.25. The number of hydrogen-bond acceptors (Lipinski definition) is 5. The van der Waals surface area contributed by atoms with Crippen molar-refractivity contribution >= 4 is 22.4 Å². The van der Waals surface area contributed by atoms with Crippen molar-refractivity contribution in [3.63, 3.8) is 0 Å². The quantitative estimate of drug-likeness (QED) is 0.887. The van der Waals surface area contributed by atoms with Gasteiger partial charge in [-0.3, -0.25) is 4.98 Å². The molecule has 2 unspecified atom stereocenters. The molecule has 0 radical (unpaired) electrons. The first kappa shape index (κ1) is 11.5. The Morgan fingerprint density at radius 3 is 3.11 bits per heavy atom. The third-order valence-corrected chi connectivity index (χ3v) is 4.22. The SMILES string of the molecule is CCC1CC1Nc1snc(N)c1-c1cccnc1. The Balaban J connectivity index is 1.88. The molecule has 0 saturated heterocycles. The van der Waals surface area contributed by atoms with Gasteiger partial charge in [-0.2, -0.15) is 4.37 Å². The van der Waals surface area contributed by atoms with Crippen molar-refractivity contribution in [1.82, 2.24) is 9.36 Å². The zero-order chi connectivity index (χ0) is 12.5. The predicted molar refractivity (Wildman–Crippen MR) is 75.6 cm³/mol. The molecular weight excluding hydrogens is 244 g/mol. The van der Waals surface area contributed by atoms with E-state index < -0.39 is 0 Å². The van der Waals surface area contributed by atoms with Gasteiger partial charge >= 0.3 is 0 Å². The van der Waals surface area contributed by atoms with Gasteiger partial charge in [-0.1, -0.05) is 19.4 Å². The highest BCUT2D eigenvalue weighted by atomic mass is 32.1. The minimum absolute atomic E-state index is 0.587. The summed E-state index contributed by atoms with van der Waals surface area (Å²) in [7, 11) is 0. The Morgan fingerprint density at radius 1 is 1.56 bits per heavy atom. The van der Waals surface area contributed by atoms with E-state index in [2.05, 4.69) is 21.6 Å². The molecule has 1 fully saturated rings. The monoisotopic (exact) mass is 260 g/mol. The minimum atomic E-state index is 0.587. The molecule has 1 aliphatic carbocycles. The van der Waals surface area contributed by atoms with E-state index in [9.17, 15) is 0 Å². The van der Waals surface area contributed by atoms with E-state index >= 15 is 0 Å². The van der Waals surface area contributed by atoms with E-state index in [0.29, 0.717) is 11.9 Å². The van der Waals surface area contributed by atoms with Crippen molar-refractivity contribution in [3.8, 4) is 11.1 Å². The molecule has 3 N–H and O–H groups in total. The Hall–Kier alpha value is -1.62. The van der Waals surface area contributed by atoms with Crippen LogP contribution in [-0.4, -0.2) is 15.4 Å². The molecule has 3 rings (SSSR count). The summed E-state index contributed by atoms with van der Waals surface area (Å²) in [6, 6.07) is 4.52. The normalized spacial score (nSPS) is 21.8. The number of pyridine rings is 1. The molecule has 2 aromatic heterocycles. The maximum Gasteiger partial charge on any atom is 0.147 e. The number of aromatic nitrogens is 2. The summed E-state index contributed by atoms with van der Waals surface area (Å²) in [6.07, 6.45) is 6.07. The number of nitrogens with one attached hydrogen (secondary N) is 1. The molecule has 0 aromatic carbocycles. The lowest BCUT2D eigenvalue weighted by atomic mass is 10.1. The number of hydrogen-bond donors (Lipinski definition) is 2. The minimum Gasteiger partial charge on any atom is -0.382 e. The lowest BCUT2D eigenvalue weighted by Crippen LogP contribution is -2.04. The second kappa shape index (κ2) is 4.57. The smallest absolute Gasteiger partial charge is 0.147 e. The zero-order valence-corrected chi connectivity index (χ0v) is 11.1. The van der Waals surface area contributed by atoms with Gasteiger partial charge in [0.15, 0.2) is 0 Å². The van der Waals surface area contributed by atoms with Crippen molar-refractivity contribution < 1.29 is 0 Å². The molecule has 0 aliphatic heterocycles. The highest BCUT2D eigenvalue weighted by molar-refractivity contribution is 7.11. The molecular formula is C13H16N4S. The third kappa shape index (κ3) is 2.06. The van der Waals surface area contributed by atoms with Gasteiger partial charge in [0, 0.05) is 24.0 Å². The van der Waals surface area contributed by atoms with E-state index in [1.807, 2.05) is 18.3 Å². The summed E-state index contributed by atoms with van der Waals surface area (Å²) in [4.78, 5) is 4.14. The number of rotatable bonds is 4. The molecule has 0 amide bonds. The Bertz CT molecular complexity index is 537. The van der Waals surface area contributed by atoms with Crippen LogP contribution in [0.25, 0.3) is 11.1 Å².